The van der Waals surface area contributed by atoms with Crippen LogP contribution in [0.2, 0.25) is 0 Å². The monoisotopic (exact) mass is 388 g/mol. The van der Waals surface area contributed by atoms with Crippen LogP contribution < -0.4 is 10.5 Å². The highest BCUT2D eigenvalue weighted by Crippen LogP contribution is 2.30. The predicted octanol–water partition coefficient (Wildman–Crippen LogP) is 4.99. The van der Waals surface area contributed by atoms with Gasteiger partial charge in [-0.2, -0.15) is 9.97 Å². The fourth-order valence-corrected chi connectivity index (χ4v) is 3.01. The number of nitrogens with zero attached hydrogens (tertiary/aromatic N) is 3. The van der Waals surface area contributed by atoms with E-state index < -0.39 is 0 Å². The van der Waals surface area contributed by atoms with E-state index in [1.54, 1.807) is 7.11 Å². The van der Waals surface area contributed by atoms with Gasteiger partial charge in [0, 0.05) is 19.3 Å². The van der Waals surface area contributed by atoms with E-state index in [0.29, 0.717) is 18.5 Å². The number of unbranched alkanes of at least 4 members (excludes halogenated alkanes) is 2. The van der Waals surface area contributed by atoms with Gasteiger partial charge in [-0.25, -0.2) is 0 Å². The maximum absolute atomic E-state index is 5.93. The number of methoxy groups -OCH3 is 1. The lowest BCUT2D eigenvalue weighted by atomic mass is 10.0. The molecule has 0 bridgehead atoms. The van der Waals surface area contributed by atoms with E-state index in [0.717, 1.165) is 23.9 Å². The summed E-state index contributed by atoms with van der Waals surface area (Å²) in [5, 5.41) is 0.880. The van der Waals surface area contributed by atoms with Gasteiger partial charge in [-0.1, -0.05) is 65.2 Å². The van der Waals surface area contributed by atoms with Crippen molar-refractivity contribution in [2.24, 2.45) is 0 Å². The van der Waals surface area contributed by atoms with Crippen LogP contribution in [0.15, 0.2) is 12.3 Å². The van der Waals surface area contributed by atoms with E-state index >= 15 is 0 Å². The number of fused-ring (bicyclic) bond motifs is 1. The van der Waals surface area contributed by atoms with Crippen LogP contribution in [-0.4, -0.2) is 34.9 Å². The molecule has 28 heavy (non-hydrogen) atoms. The van der Waals surface area contributed by atoms with Gasteiger partial charge in [0.15, 0.2) is 6.61 Å². The lowest BCUT2D eigenvalue weighted by Crippen LogP contribution is -2.10. The number of ether oxygens (including phenoxy) is 2. The summed E-state index contributed by atoms with van der Waals surface area (Å²) in [6.07, 6.45) is 9.14. The van der Waals surface area contributed by atoms with Crippen molar-refractivity contribution in [1.82, 2.24) is 14.5 Å². The first-order valence-corrected chi connectivity index (χ1v) is 10.4. The van der Waals surface area contributed by atoms with Gasteiger partial charge >= 0.3 is 0 Å². The number of anilines is 1. The number of nitrogens with two attached hydrogens (primary N) is 1. The van der Waals surface area contributed by atoms with Gasteiger partial charge in [0.25, 0.3) is 0 Å². The van der Waals surface area contributed by atoms with E-state index in [2.05, 4.69) is 46.4 Å². The highest BCUT2D eigenvalue weighted by atomic mass is 16.5. The predicted molar refractivity (Wildman–Crippen MR) is 117 cm³/mol. The molecule has 6 heteroatoms. The Hall–Kier alpha value is -2.26. The summed E-state index contributed by atoms with van der Waals surface area (Å²) < 4.78 is 12.9. The van der Waals surface area contributed by atoms with E-state index in [-0.39, 0.29) is 12.6 Å². The Morgan fingerprint density at radius 2 is 1.71 bits per heavy atom. The minimum atomic E-state index is 0.224. The zero-order chi connectivity index (χ0) is 20.8. The number of hydrogen-bond acceptors (Lipinski definition) is 5. The maximum Gasteiger partial charge on any atom is 0.228 e. The standard InChI is InChI=1S/C20H30N4O2.C2H6/c1-4-6-10-16(11-7-5-2)24-13-12-17-18(24)22-20(21)23-19(17)26-15-9-8-14-25-3;1-2/h12-13,16H,4-7,10-11,14-15H2,1-3H3,(H2,21,22,23);1-2H3. The van der Waals surface area contributed by atoms with Crippen LogP contribution in [0.3, 0.4) is 0 Å². The molecule has 2 rings (SSSR count). The molecule has 6 nitrogen and oxygen atoms in total. The first-order chi connectivity index (χ1) is 13.7. The smallest absolute Gasteiger partial charge is 0.228 e. The maximum atomic E-state index is 5.93. The molecule has 2 aromatic heterocycles. The Morgan fingerprint density at radius 1 is 1.07 bits per heavy atom. The van der Waals surface area contributed by atoms with Crippen LogP contribution in [0.4, 0.5) is 5.95 Å². The number of nitrogen functional groups attached to an aromatic ring is 1. The zero-order valence-corrected chi connectivity index (χ0v) is 18.1. The Balaban J connectivity index is 0.00000190. The highest BCUT2D eigenvalue weighted by molar-refractivity contribution is 5.82. The van der Waals surface area contributed by atoms with Gasteiger partial charge in [-0.15, -0.1) is 0 Å². The molecule has 2 aromatic rings. The fraction of sp³-hybridized carbons (Fsp3) is 0.636. The molecule has 0 aromatic carbocycles. The average Bonchev–Trinajstić information content (AvgIpc) is 3.13. The summed E-state index contributed by atoms with van der Waals surface area (Å²) in [7, 11) is 1.61. The summed E-state index contributed by atoms with van der Waals surface area (Å²) in [5.74, 6) is 6.47. The van der Waals surface area contributed by atoms with E-state index in [1.165, 1.54) is 25.7 Å². The molecule has 0 atom stereocenters. The van der Waals surface area contributed by atoms with Gasteiger partial charge < -0.3 is 19.8 Å². The summed E-state index contributed by atoms with van der Waals surface area (Å²) in [4.78, 5) is 8.73. The van der Waals surface area contributed by atoms with Crippen molar-refractivity contribution >= 4 is 17.0 Å². The van der Waals surface area contributed by atoms with Crippen molar-refractivity contribution in [2.75, 3.05) is 26.1 Å². The van der Waals surface area contributed by atoms with E-state index in [9.17, 15) is 0 Å². The normalized spacial score (nSPS) is 10.4. The van der Waals surface area contributed by atoms with Crippen LogP contribution in [0.1, 0.15) is 72.3 Å². The Bertz CT molecular complexity index is 738. The number of hydrogen-bond donors (Lipinski definition) is 1. The molecule has 0 amide bonds. The molecule has 0 saturated carbocycles. The first kappa shape index (κ1) is 23.8. The van der Waals surface area contributed by atoms with Gasteiger partial charge in [-0.05, 0) is 18.9 Å². The van der Waals surface area contributed by atoms with Gasteiger partial charge in [0.1, 0.15) is 12.3 Å². The van der Waals surface area contributed by atoms with Crippen molar-refractivity contribution in [2.45, 2.75) is 72.3 Å². The SMILES string of the molecule is CC.CCCCC(CCCC)n1ccc2c(OCC#CCOC)nc(N)nc21. The Labute approximate surface area is 169 Å². The molecule has 2 N–H and O–H groups in total. The van der Waals surface area contributed by atoms with Crippen molar-refractivity contribution in [3.63, 3.8) is 0 Å². The molecule has 0 saturated heterocycles. The molecule has 0 unspecified atom stereocenters. The molecule has 0 spiro atoms. The van der Waals surface area contributed by atoms with Gasteiger partial charge in [0.05, 0.1) is 5.39 Å². The summed E-state index contributed by atoms with van der Waals surface area (Å²) in [6.45, 7) is 9.08. The second-order valence-corrected chi connectivity index (χ2v) is 6.36. The third kappa shape index (κ3) is 7.05. The topological polar surface area (TPSA) is 75.2 Å². The van der Waals surface area contributed by atoms with Crippen LogP contribution in [-0.2, 0) is 4.74 Å². The molecule has 0 aliphatic carbocycles. The Morgan fingerprint density at radius 3 is 2.32 bits per heavy atom. The number of aromatic nitrogens is 3. The molecule has 0 aliphatic heterocycles. The van der Waals surface area contributed by atoms with E-state index in [1.807, 2.05) is 19.9 Å². The molecular weight excluding hydrogens is 352 g/mol. The second kappa shape index (κ2) is 13.8. The third-order valence-corrected chi connectivity index (χ3v) is 4.35. The van der Waals surface area contributed by atoms with Crippen LogP contribution in [0, 0.1) is 11.8 Å². The van der Waals surface area contributed by atoms with Crippen LogP contribution in [0.25, 0.3) is 11.0 Å². The largest absolute Gasteiger partial charge is 0.464 e. The molecule has 0 radical (unpaired) electrons. The van der Waals surface area contributed by atoms with E-state index in [4.69, 9.17) is 15.2 Å². The van der Waals surface area contributed by atoms with Crippen LogP contribution >= 0.6 is 0 Å². The van der Waals surface area contributed by atoms with Crippen molar-refractivity contribution in [3.05, 3.63) is 12.3 Å². The first-order valence-electron chi connectivity index (χ1n) is 10.4. The second-order valence-electron chi connectivity index (χ2n) is 6.36. The third-order valence-electron chi connectivity index (χ3n) is 4.35. The summed E-state index contributed by atoms with van der Waals surface area (Å²) in [5.41, 5.74) is 6.78. The van der Waals surface area contributed by atoms with Crippen molar-refractivity contribution in [1.29, 1.82) is 0 Å². The number of rotatable bonds is 10. The average molecular weight is 389 g/mol. The molecule has 0 aliphatic rings. The minimum Gasteiger partial charge on any atom is -0.464 e. The summed E-state index contributed by atoms with van der Waals surface area (Å²) >= 11 is 0. The fourth-order valence-electron chi connectivity index (χ4n) is 3.01. The highest BCUT2D eigenvalue weighted by Gasteiger charge is 2.17. The van der Waals surface area contributed by atoms with Crippen molar-refractivity contribution in [3.8, 4) is 17.7 Å². The molecule has 2 heterocycles. The van der Waals surface area contributed by atoms with Crippen LogP contribution in [0.5, 0.6) is 5.88 Å². The van der Waals surface area contributed by atoms with Gasteiger partial charge in [0.2, 0.25) is 11.8 Å². The molecule has 156 valence electrons. The summed E-state index contributed by atoms with van der Waals surface area (Å²) in [6, 6.07) is 2.44. The lowest BCUT2D eigenvalue weighted by molar-refractivity contribution is 0.239. The molecular formula is C22H36N4O2. The minimum absolute atomic E-state index is 0.224. The quantitative estimate of drug-likeness (QED) is 0.580. The van der Waals surface area contributed by atoms with Gasteiger partial charge in [-0.3, -0.25) is 0 Å². The zero-order valence-electron chi connectivity index (χ0n) is 18.1. The lowest BCUT2D eigenvalue weighted by Gasteiger charge is -2.19. The van der Waals surface area contributed by atoms with Crippen molar-refractivity contribution < 1.29 is 9.47 Å². The molecule has 0 fully saturated rings. The Kier molecular flexibility index (Phi) is 11.8.